The van der Waals surface area contributed by atoms with E-state index < -0.39 is 5.91 Å². The second-order valence-corrected chi connectivity index (χ2v) is 10.8. The Labute approximate surface area is 242 Å². The number of hydrogen-bond donors (Lipinski definition) is 2. The Hall–Kier alpha value is -4.00. The number of morpholine rings is 1. The molecule has 1 fully saturated rings. The molecular formula is C29H41N9O3. The topological polar surface area (TPSA) is 131 Å². The van der Waals surface area contributed by atoms with Crippen LogP contribution in [0.2, 0.25) is 0 Å². The van der Waals surface area contributed by atoms with Crippen LogP contribution < -0.4 is 15.3 Å². The molecule has 1 aliphatic heterocycles. The number of nitrogens with zero attached hydrogens (tertiary/aromatic N) is 8. The Kier molecular flexibility index (Phi) is 11.2. The van der Waals surface area contributed by atoms with Gasteiger partial charge < -0.3 is 14.5 Å². The van der Waals surface area contributed by atoms with E-state index in [9.17, 15) is 4.79 Å². The molecule has 0 bridgehead atoms. The molecule has 0 aliphatic carbocycles. The van der Waals surface area contributed by atoms with Crippen LogP contribution in [0.1, 0.15) is 26.3 Å². The van der Waals surface area contributed by atoms with Gasteiger partial charge in [-0.25, -0.2) is 15.4 Å². The molecule has 1 aromatic heterocycles. The van der Waals surface area contributed by atoms with Crippen molar-refractivity contribution in [2.24, 2.45) is 15.0 Å². The van der Waals surface area contributed by atoms with Crippen LogP contribution in [0.3, 0.4) is 0 Å². The lowest BCUT2D eigenvalue weighted by Crippen LogP contribution is -2.37. The van der Waals surface area contributed by atoms with Crippen molar-refractivity contribution in [1.29, 1.82) is 0 Å². The predicted octanol–water partition coefficient (Wildman–Crippen LogP) is 3.10. The number of rotatable bonds is 12. The quantitative estimate of drug-likeness (QED) is 0.174. The third kappa shape index (κ3) is 8.49. The standard InChI is InChI=1S/C29H41N9O3/c1-29(2,3)23-10-8-21(9-11-23)25-33-26(24(31-5)27(34-25)38-14-16-41-17-15-38)37(7)13-12-36(6)20-32-19-22(18-30-4)28(39)35-40/h8-11,18-19,40H,4-5,12-17,20H2,1-3,6-7H3,(H,35,39)/b22-18+,32-19-. The van der Waals surface area contributed by atoms with Gasteiger partial charge in [0.2, 0.25) is 0 Å². The van der Waals surface area contributed by atoms with Crippen molar-refractivity contribution in [3.8, 4) is 11.4 Å². The molecule has 3 rings (SSSR count). The zero-order valence-corrected chi connectivity index (χ0v) is 24.7. The van der Waals surface area contributed by atoms with Crippen molar-refractivity contribution in [3.05, 3.63) is 41.6 Å². The first-order valence-electron chi connectivity index (χ1n) is 13.4. The molecule has 0 spiro atoms. The minimum atomic E-state index is -0.711. The van der Waals surface area contributed by atoms with Crippen molar-refractivity contribution in [2.75, 3.05) is 70.0 Å². The number of carbonyl (C=O) groups is 1. The Balaban J connectivity index is 1.85. The number of nitrogens with one attached hydrogen (secondary N) is 1. The van der Waals surface area contributed by atoms with E-state index in [-0.39, 0.29) is 11.0 Å². The van der Waals surface area contributed by atoms with Crippen molar-refractivity contribution >= 4 is 42.9 Å². The maximum absolute atomic E-state index is 11.7. The number of benzene rings is 1. The molecule has 1 aliphatic rings. The fourth-order valence-corrected chi connectivity index (χ4v) is 4.17. The molecular weight excluding hydrogens is 522 g/mol. The molecule has 0 atom stereocenters. The lowest BCUT2D eigenvalue weighted by atomic mass is 9.87. The van der Waals surface area contributed by atoms with Crippen LogP contribution in [0.15, 0.2) is 51.0 Å². The Morgan fingerprint density at radius 1 is 1.15 bits per heavy atom. The maximum atomic E-state index is 11.7. The number of ether oxygens (including phenoxy) is 1. The van der Waals surface area contributed by atoms with E-state index in [1.54, 1.807) is 5.48 Å². The third-order valence-electron chi connectivity index (χ3n) is 6.65. The first kappa shape index (κ1) is 31.5. The van der Waals surface area contributed by atoms with Gasteiger partial charge in [0.15, 0.2) is 17.5 Å². The van der Waals surface area contributed by atoms with Gasteiger partial charge in [0.05, 0.1) is 25.5 Å². The van der Waals surface area contributed by atoms with Crippen molar-refractivity contribution in [3.63, 3.8) is 0 Å². The van der Waals surface area contributed by atoms with E-state index in [4.69, 9.17) is 19.9 Å². The average Bonchev–Trinajstić information content (AvgIpc) is 2.98. The number of aliphatic imine (C=N–C) groups is 3. The average molecular weight is 564 g/mol. The van der Waals surface area contributed by atoms with Crippen molar-refractivity contribution < 1.29 is 14.7 Å². The summed E-state index contributed by atoms with van der Waals surface area (Å²) in [6, 6.07) is 8.39. The van der Waals surface area contributed by atoms with E-state index in [0.717, 1.165) is 11.4 Å². The summed E-state index contributed by atoms with van der Waals surface area (Å²) in [6.45, 7) is 18.0. The summed E-state index contributed by atoms with van der Waals surface area (Å²) in [4.78, 5) is 40.0. The number of aromatic nitrogens is 2. The molecule has 1 saturated heterocycles. The van der Waals surface area contributed by atoms with Gasteiger partial charge in [0, 0.05) is 51.2 Å². The molecule has 0 saturated carbocycles. The summed E-state index contributed by atoms with van der Waals surface area (Å²) in [5.41, 5.74) is 4.50. The van der Waals surface area contributed by atoms with Gasteiger partial charge in [-0.1, -0.05) is 45.0 Å². The van der Waals surface area contributed by atoms with Gasteiger partial charge in [0.1, 0.15) is 5.69 Å². The van der Waals surface area contributed by atoms with Crippen LogP contribution in [0.4, 0.5) is 17.3 Å². The van der Waals surface area contributed by atoms with Gasteiger partial charge in [-0.05, 0) is 31.5 Å². The van der Waals surface area contributed by atoms with E-state index in [2.05, 4.69) is 78.3 Å². The van der Waals surface area contributed by atoms with E-state index in [0.29, 0.717) is 63.4 Å². The lowest BCUT2D eigenvalue weighted by Gasteiger charge is -2.31. The smallest absolute Gasteiger partial charge is 0.277 e. The molecule has 12 nitrogen and oxygen atoms in total. The molecule has 0 unspecified atom stereocenters. The minimum absolute atomic E-state index is 0.0437. The summed E-state index contributed by atoms with van der Waals surface area (Å²) >= 11 is 0. The largest absolute Gasteiger partial charge is 0.378 e. The number of anilines is 2. The second kappa shape index (κ2) is 14.6. The van der Waals surface area contributed by atoms with Gasteiger partial charge in [-0.2, -0.15) is 0 Å². The van der Waals surface area contributed by atoms with Gasteiger partial charge >= 0.3 is 0 Å². The molecule has 0 radical (unpaired) electrons. The van der Waals surface area contributed by atoms with Crippen molar-refractivity contribution in [1.82, 2.24) is 20.3 Å². The Morgan fingerprint density at radius 3 is 2.41 bits per heavy atom. The van der Waals surface area contributed by atoms with Crippen LogP contribution in [0, 0.1) is 0 Å². The summed E-state index contributed by atoms with van der Waals surface area (Å²) in [5, 5.41) is 8.86. The summed E-state index contributed by atoms with van der Waals surface area (Å²) in [7, 11) is 3.88. The summed E-state index contributed by atoms with van der Waals surface area (Å²) in [5.74, 6) is 1.34. The normalized spacial score (nSPS) is 14.4. The van der Waals surface area contributed by atoms with Crippen LogP contribution >= 0.6 is 0 Å². The Morgan fingerprint density at radius 2 is 1.83 bits per heavy atom. The zero-order valence-electron chi connectivity index (χ0n) is 24.7. The SMILES string of the molecule is C=N/C=C(\C=N/CN(C)CCN(C)c1nc(-c2ccc(C(C)(C)C)cc2)nc(N2CCOCC2)c1N=C)C(=O)NO. The molecule has 2 aromatic rings. The van der Waals surface area contributed by atoms with Crippen LogP contribution in [0.25, 0.3) is 11.4 Å². The van der Waals surface area contributed by atoms with E-state index in [1.165, 1.54) is 18.0 Å². The number of amides is 1. The molecule has 1 amide bonds. The highest BCUT2D eigenvalue weighted by Gasteiger charge is 2.24. The monoisotopic (exact) mass is 563 g/mol. The van der Waals surface area contributed by atoms with Gasteiger partial charge in [-0.15, -0.1) is 0 Å². The minimum Gasteiger partial charge on any atom is -0.378 e. The fraction of sp³-hybridized carbons (Fsp3) is 0.448. The van der Waals surface area contributed by atoms with Crippen LogP contribution in [0.5, 0.6) is 0 Å². The Bertz CT molecular complexity index is 1260. The van der Waals surface area contributed by atoms with E-state index >= 15 is 0 Å². The first-order valence-corrected chi connectivity index (χ1v) is 13.4. The summed E-state index contributed by atoms with van der Waals surface area (Å²) in [6.07, 6.45) is 2.57. The first-order chi connectivity index (χ1) is 19.6. The van der Waals surface area contributed by atoms with E-state index in [1.807, 2.05) is 23.9 Å². The highest BCUT2D eigenvalue weighted by atomic mass is 16.5. The molecule has 41 heavy (non-hydrogen) atoms. The molecule has 2 heterocycles. The number of hydroxylamine groups is 1. The third-order valence-corrected chi connectivity index (χ3v) is 6.65. The molecule has 220 valence electrons. The number of carbonyl (C=O) groups excluding carboxylic acids is 1. The second-order valence-electron chi connectivity index (χ2n) is 10.8. The van der Waals surface area contributed by atoms with Crippen LogP contribution in [-0.2, 0) is 14.9 Å². The molecule has 1 aromatic carbocycles. The summed E-state index contributed by atoms with van der Waals surface area (Å²) < 4.78 is 5.57. The highest BCUT2D eigenvalue weighted by molar-refractivity contribution is 6.11. The lowest BCUT2D eigenvalue weighted by molar-refractivity contribution is -0.124. The van der Waals surface area contributed by atoms with Crippen LogP contribution in [-0.4, -0.2) is 106 Å². The van der Waals surface area contributed by atoms with Crippen molar-refractivity contribution in [2.45, 2.75) is 26.2 Å². The predicted molar refractivity (Wildman–Crippen MR) is 165 cm³/mol. The maximum Gasteiger partial charge on any atom is 0.277 e. The zero-order chi connectivity index (χ0) is 30.0. The number of hydrogen-bond acceptors (Lipinski definition) is 11. The highest BCUT2D eigenvalue weighted by Crippen LogP contribution is 2.37. The molecule has 2 N–H and O–H groups in total. The number of likely N-dealkylation sites (N-methyl/N-ethyl adjacent to an activating group) is 2. The van der Waals surface area contributed by atoms with Gasteiger partial charge in [0.25, 0.3) is 5.91 Å². The fourth-order valence-electron chi connectivity index (χ4n) is 4.17. The van der Waals surface area contributed by atoms with Gasteiger partial charge in [-0.3, -0.25) is 29.9 Å². The molecule has 12 heteroatoms.